The molecular weight excluding hydrogens is 226 g/mol. The van der Waals surface area contributed by atoms with Gasteiger partial charge in [-0.05, 0) is 23.8 Å². The van der Waals surface area contributed by atoms with Gasteiger partial charge in [0.25, 0.3) is 0 Å². The third-order valence-corrected chi connectivity index (χ3v) is 2.67. The van der Waals surface area contributed by atoms with Gasteiger partial charge >= 0.3 is 5.97 Å². The minimum Gasteiger partial charge on any atom is -0.465 e. The third kappa shape index (κ3) is 1.86. The Morgan fingerprint density at radius 2 is 2.25 bits per heavy atom. The van der Waals surface area contributed by atoms with E-state index in [0.29, 0.717) is 11.4 Å². The summed E-state index contributed by atoms with van der Waals surface area (Å²) in [5, 5.41) is 0.771. The van der Waals surface area contributed by atoms with Gasteiger partial charge in [0.15, 0.2) is 0 Å². The lowest BCUT2D eigenvalue weighted by Gasteiger charge is -2.05. The van der Waals surface area contributed by atoms with Crippen LogP contribution in [0.3, 0.4) is 0 Å². The number of hydrogen-bond acceptors (Lipinski definition) is 3. The number of fused-ring (bicyclic) bond motifs is 1. The Morgan fingerprint density at radius 3 is 2.94 bits per heavy atom. The van der Waals surface area contributed by atoms with Crippen LogP contribution >= 0.6 is 11.6 Å². The number of esters is 1. The highest BCUT2D eigenvalue weighted by Gasteiger charge is 2.10. The monoisotopic (exact) mass is 235 g/mol. The summed E-state index contributed by atoms with van der Waals surface area (Å²) < 4.78 is 4.72. The average Bonchev–Trinajstić information content (AvgIpc) is 2.36. The Labute approximate surface area is 98.0 Å². The van der Waals surface area contributed by atoms with E-state index in [9.17, 15) is 4.79 Å². The van der Waals surface area contributed by atoms with E-state index in [2.05, 4.69) is 4.98 Å². The van der Waals surface area contributed by atoms with E-state index in [1.165, 1.54) is 7.11 Å². The summed E-state index contributed by atoms with van der Waals surface area (Å²) in [6.07, 6.45) is 1.59. The fraction of sp³-hybridized carbons (Fsp3) is 0.167. The Kier molecular flexibility index (Phi) is 3.06. The first kappa shape index (κ1) is 10.9. The summed E-state index contributed by atoms with van der Waals surface area (Å²) in [4.78, 5) is 15.7. The van der Waals surface area contributed by atoms with Gasteiger partial charge < -0.3 is 4.74 Å². The number of aromatic nitrogens is 1. The van der Waals surface area contributed by atoms with Crippen LogP contribution in [0.5, 0.6) is 0 Å². The van der Waals surface area contributed by atoms with Gasteiger partial charge in [0, 0.05) is 17.5 Å². The number of carbonyl (C=O) groups excluding carboxylic acids is 1. The standard InChI is InChI=1S/C12H10ClNO2/c1-16-12(15)9-4-5-14-11-3-2-8(7-13)6-10(9)11/h2-6H,7H2,1H3. The molecule has 0 saturated heterocycles. The van der Waals surface area contributed by atoms with Crippen molar-refractivity contribution in [2.24, 2.45) is 0 Å². The van der Waals surface area contributed by atoms with Crippen LogP contribution in [0.4, 0.5) is 0 Å². The molecule has 0 amide bonds. The number of alkyl halides is 1. The average molecular weight is 236 g/mol. The molecule has 0 bridgehead atoms. The molecule has 1 aromatic carbocycles. The molecule has 1 aromatic heterocycles. The lowest BCUT2D eigenvalue weighted by Crippen LogP contribution is -2.02. The van der Waals surface area contributed by atoms with Gasteiger partial charge in [-0.2, -0.15) is 0 Å². The minimum absolute atomic E-state index is 0.362. The van der Waals surface area contributed by atoms with Gasteiger partial charge in [0.05, 0.1) is 18.2 Å². The summed E-state index contributed by atoms with van der Waals surface area (Å²) in [6, 6.07) is 7.25. The number of hydrogen-bond donors (Lipinski definition) is 0. The van der Waals surface area contributed by atoms with Gasteiger partial charge in [0.1, 0.15) is 0 Å². The number of halogens is 1. The quantitative estimate of drug-likeness (QED) is 0.594. The highest BCUT2D eigenvalue weighted by atomic mass is 35.5. The number of nitrogens with zero attached hydrogens (tertiary/aromatic N) is 1. The molecule has 0 fully saturated rings. The number of pyridine rings is 1. The Bertz CT molecular complexity index is 540. The first-order valence-corrected chi connectivity index (χ1v) is 5.31. The molecule has 0 spiro atoms. The zero-order chi connectivity index (χ0) is 11.5. The SMILES string of the molecule is COC(=O)c1ccnc2ccc(CCl)cc12. The second-order valence-electron chi connectivity index (χ2n) is 3.34. The van der Waals surface area contributed by atoms with Crippen LogP contribution in [-0.2, 0) is 10.6 Å². The lowest BCUT2D eigenvalue weighted by atomic mass is 10.1. The molecule has 0 saturated carbocycles. The topological polar surface area (TPSA) is 39.2 Å². The number of rotatable bonds is 2. The largest absolute Gasteiger partial charge is 0.465 e. The third-order valence-electron chi connectivity index (χ3n) is 2.37. The molecule has 2 rings (SSSR count). The van der Waals surface area contributed by atoms with Crippen molar-refractivity contribution < 1.29 is 9.53 Å². The van der Waals surface area contributed by atoms with Crippen molar-refractivity contribution in [3.63, 3.8) is 0 Å². The van der Waals surface area contributed by atoms with Gasteiger partial charge in [0.2, 0.25) is 0 Å². The van der Waals surface area contributed by atoms with Gasteiger partial charge in [-0.25, -0.2) is 4.79 Å². The first-order valence-electron chi connectivity index (χ1n) is 4.78. The summed E-state index contributed by atoms with van der Waals surface area (Å²) >= 11 is 5.76. The smallest absolute Gasteiger partial charge is 0.338 e. The molecule has 16 heavy (non-hydrogen) atoms. The summed E-state index contributed by atoms with van der Waals surface area (Å²) in [5.41, 5.74) is 2.23. The van der Waals surface area contributed by atoms with E-state index in [0.717, 1.165) is 16.5 Å². The Balaban J connectivity index is 2.68. The Morgan fingerprint density at radius 1 is 1.44 bits per heavy atom. The molecule has 0 aliphatic carbocycles. The van der Waals surface area contributed by atoms with E-state index in [1.54, 1.807) is 12.3 Å². The lowest BCUT2D eigenvalue weighted by molar-refractivity contribution is 0.0603. The second kappa shape index (κ2) is 4.49. The number of carbonyl (C=O) groups is 1. The van der Waals surface area contributed by atoms with Crippen LogP contribution in [0.2, 0.25) is 0 Å². The van der Waals surface area contributed by atoms with Gasteiger partial charge in [-0.1, -0.05) is 6.07 Å². The number of methoxy groups -OCH3 is 1. The number of benzene rings is 1. The maximum atomic E-state index is 11.5. The molecular formula is C12H10ClNO2. The van der Waals surface area contributed by atoms with Crippen LogP contribution in [0.25, 0.3) is 10.9 Å². The maximum absolute atomic E-state index is 11.5. The summed E-state index contributed by atoms with van der Waals surface area (Å²) in [7, 11) is 1.36. The van der Waals surface area contributed by atoms with Crippen molar-refractivity contribution >= 4 is 28.5 Å². The minimum atomic E-state index is -0.362. The molecule has 4 heteroatoms. The first-order chi connectivity index (χ1) is 7.76. The molecule has 0 aliphatic rings. The van der Waals surface area contributed by atoms with Crippen LogP contribution in [-0.4, -0.2) is 18.1 Å². The van der Waals surface area contributed by atoms with E-state index in [1.807, 2.05) is 18.2 Å². The molecule has 0 radical (unpaired) electrons. The van der Waals surface area contributed by atoms with E-state index >= 15 is 0 Å². The molecule has 82 valence electrons. The van der Waals surface area contributed by atoms with Crippen molar-refractivity contribution in [1.29, 1.82) is 0 Å². The maximum Gasteiger partial charge on any atom is 0.338 e. The fourth-order valence-corrected chi connectivity index (χ4v) is 1.73. The zero-order valence-electron chi connectivity index (χ0n) is 8.74. The van der Waals surface area contributed by atoms with Crippen molar-refractivity contribution in [3.8, 4) is 0 Å². The zero-order valence-corrected chi connectivity index (χ0v) is 9.49. The molecule has 3 nitrogen and oxygen atoms in total. The van der Waals surface area contributed by atoms with E-state index in [-0.39, 0.29) is 5.97 Å². The molecule has 0 unspecified atom stereocenters. The molecule has 2 aromatic rings. The van der Waals surface area contributed by atoms with Crippen molar-refractivity contribution in [2.45, 2.75) is 5.88 Å². The molecule has 1 heterocycles. The highest BCUT2D eigenvalue weighted by Crippen LogP contribution is 2.20. The van der Waals surface area contributed by atoms with Crippen LogP contribution in [0.15, 0.2) is 30.5 Å². The highest BCUT2D eigenvalue weighted by molar-refractivity contribution is 6.17. The van der Waals surface area contributed by atoms with Crippen LogP contribution in [0.1, 0.15) is 15.9 Å². The van der Waals surface area contributed by atoms with E-state index in [4.69, 9.17) is 16.3 Å². The summed E-state index contributed by atoms with van der Waals surface area (Å²) in [6.45, 7) is 0. The molecule has 0 atom stereocenters. The number of ether oxygens (including phenoxy) is 1. The van der Waals surface area contributed by atoms with Gasteiger partial charge in [-0.15, -0.1) is 11.6 Å². The predicted octanol–water partition coefficient (Wildman–Crippen LogP) is 2.76. The van der Waals surface area contributed by atoms with E-state index < -0.39 is 0 Å². The normalized spacial score (nSPS) is 10.4. The predicted molar refractivity (Wildman–Crippen MR) is 62.6 cm³/mol. The van der Waals surface area contributed by atoms with Crippen LogP contribution in [0, 0.1) is 0 Å². The van der Waals surface area contributed by atoms with Crippen LogP contribution < -0.4 is 0 Å². The van der Waals surface area contributed by atoms with Crippen molar-refractivity contribution in [3.05, 3.63) is 41.6 Å². The van der Waals surface area contributed by atoms with Crippen molar-refractivity contribution in [1.82, 2.24) is 4.98 Å². The fourth-order valence-electron chi connectivity index (χ4n) is 1.56. The second-order valence-corrected chi connectivity index (χ2v) is 3.60. The van der Waals surface area contributed by atoms with Crippen molar-refractivity contribution in [2.75, 3.05) is 7.11 Å². The summed E-state index contributed by atoms with van der Waals surface area (Å²) in [5.74, 6) is 0.0463. The molecule has 0 aliphatic heterocycles. The molecule has 0 N–H and O–H groups in total. The van der Waals surface area contributed by atoms with Gasteiger partial charge in [-0.3, -0.25) is 4.98 Å². The Hall–Kier alpha value is -1.61.